The molecule has 0 spiro atoms. The summed E-state index contributed by atoms with van der Waals surface area (Å²) >= 11 is 0. The Bertz CT molecular complexity index is 712. The maximum atomic E-state index is 12.2. The second-order valence-corrected chi connectivity index (χ2v) is 6.14. The fourth-order valence-electron chi connectivity index (χ4n) is 3.06. The van der Waals surface area contributed by atoms with Crippen molar-refractivity contribution < 1.29 is 9.90 Å². The van der Waals surface area contributed by atoms with Gasteiger partial charge in [0, 0.05) is 18.7 Å². The van der Waals surface area contributed by atoms with Crippen LogP contribution in [0.25, 0.3) is 0 Å². The normalized spacial score (nSPS) is 16.5. The summed E-state index contributed by atoms with van der Waals surface area (Å²) in [6.45, 7) is 2.52. The van der Waals surface area contributed by atoms with Crippen LogP contribution in [0.2, 0.25) is 0 Å². The average Bonchev–Trinajstić information content (AvgIpc) is 2.54. The summed E-state index contributed by atoms with van der Waals surface area (Å²) < 4.78 is 0. The number of urea groups is 1. The quantitative estimate of drug-likeness (QED) is 0.815. The van der Waals surface area contributed by atoms with Crippen molar-refractivity contribution in [1.29, 1.82) is 0 Å². The highest BCUT2D eigenvalue weighted by atomic mass is 16.3. The first kappa shape index (κ1) is 15.6. The molecule has 1 aliphatic rings. The molecule has 4 heteroatoms. The Hall–Kier alpha value is -2.33. The summed E-state index contributed by atoms with van der Waals surface area (Å²) in [5, 5.41) is 15.7. The summed E-state index contributed by atoms with van der Waals surface area (Å²) in [6, 6.07) is 13.8. The zero-order chi connectivity index (χ0) is 16.2. The molecule has 0 bridgehead atoms. The summed E-state index contributed by atoms with van der Waals surface area (Å²) in [4.78, 5) is 12.2. The number of aliphatic hydroxyl groups is 1. The highest BCUT2D eigenvalue weighted by molar-refractivity contribution is 5.90. The Morgan fingerprint density at radius 1 is 1.26 bits per heavy atom. The van der Waals surface area contributed by atoms with Crippen molar-refractivity contribution in [2.75, 3.05) is 5.32 Å². The van der Waals surface area contributed by atoms with Gasteiger partial charge in [-0.05, 0) is 42.5 Å². The molecule has 23 heavy (non-hydrogen) atoms. The molecule has 120 valence electrons. The molecule has 2 amide bonds. The Morgan fingerprint density at radius 2 is 2.09 bits per heavy atom. The predicted molar refractivity (Wildman–Crippen MR) is 91.5 cm³/mol. The monoisotopic (exact) mass is 310 g/mol. The van der Waals surface area contributed by atoms with E-state index in [0.29, 0.717) is 13.0 Å². The molecule has 0 heterocycles. The van der Waals surface area contributed by atoms with Crippen LogP contribution in [-0.4, -0.2) is 17.2 Å². The molecule has 0 aliphatic heterocycles. The highest BCUT2D eigenvalue weighted by Crippen LogP contribution is 2.28. The van der Waals surface area contributed by atoms with Crippen molar-refractivity contribution in [3.8, 4) is 0 Å². The van der Waals surface area contributed by atoms with E-state index in [2.05, 4.69) is 22.8 Å². The number of hydrogen-bond acceptors (Lipinski definition) is 2. The molecule has 1 atom stereocenters. The van der Waals surface area contributed by atoms with Crippen LogP contribution in [0.3, 0.4) is 0 Å². The molecule has 0 saturated heterocycles. The number of carbonyl (C=O) groups is 1. The molecule has 0 unspecified atom stereocenters. The van der Waals surface area contributed by atoms with Gasteiger partial charge < -0.3 is 15.7 Å². The number of hydrogen-bond donors (Lipinski definition) is 3. The van der Waals surface area contributed by atoms with Crippen molar-refractivity contribution in [2.45, 2.75) is 38.8 Å². The van der Waals surface area contributed by atoms with E-state index in [-0.39, 0.29) is 12.1 Å². The minimum atomic E-state index is -0.319. The van der Waals surface area contributed by atoms with Crippen molar-refractivity contribution >= 4 is 11.7 Å². The molecule has 3 rings (SSSR count). The van der Waals surface area contributed by atoms with Gasteiger partial charge >= 0.3 is 6.03 Å². The smallest absolute Gasteiger partial charge is 0.319 e. The number of anilines is 1. The van der Waals surface area contributed by atoms with Crippen molar-refractivity contribution in [1.82, 2.24) is 5.32 Å². The van der Waals surface area contributed by atoms with Gasteiger partial charge in [0.05, 0.1) is 6.10 Å². The Balaban J connectivity index is 1.64. The molecule has 1 aliphatic carbocycles. The molecule has 2 aromatic carbocycles. The largest absolute Gasteiger partial charge is 0.393 e. The summed E-state index contributed by atoms with van der Waals surface area (Å²) in [7, 11) is 0. The van der Waals surface area contributed by atoms with Gasteiger partial charge in [-0.15, -0.1) is 0 Å². The Morgan fingerprint density at radius 3 is 2.91 bits per heavy atom. The van der Waals surface area contributed by atoms with Gasteiger partial charge in [0.25, 0.3) is 0 Å². The lowest BCUT2D eigenvalue weighted by molar-refractivity contribution is 0.159. The first-order valence-corrected chi connectivity index (χ1v) is 8.01. The van der Waals surface area contributed by atoms with Gasteiger partial charge in [-0.3, -0.25) is 0 Å². The lowest BCUT2D eigenvalue weighted by atomic mass is 9.88. The van der Waals surface area contributed by atoms with Gasteiger partial charge in [0.2, 0.25) is 0 Å². The lowest BCUT2D eigenvalue weighted by Gasteiger charge is -2.23. The fourth-order valence-corrected chi connectivity index (χ4v) is 3.06. The number of aryl methyl sites for hydroxylation is 2. The van der Waals surface area contributed by atoms with Crippen molar-refractivity contribution in [3.05, 3.63) is 64.7 Å². The van der Waals surface area contributed by atoms with Gasteiger partial charge in [-0.1, -0.05) is 42.0 Å². The van der Waals surface area contributed by atoms with Crippen molar-refractivity contribution in [3.63, 3.8) is 0 Å². The van der Waals surface area contributed by atoms with E-state index in [1.165, 1.54) is 11.1 Å². The van der Waals surface area contributed by atoms with Crippen LogP contribution < -0.4 is 10.6 Å². The van der Waals surface area contributed by atoms with Crippen LogP contribution in [0.1, 0.15) is 28.7 Å². The maximum Gasteiger partial charge on any atom is 0.319 e. The zero-order valence-corrected chi connectivity index (χ0v) is 13.3. The Labute approximate surface area is 136 Å². The van der Waals surface area contributed by atoms with Crippen LogP contribution in [0.15, 0.2) is 42.5 Å². The third kappa shape index (κ3) is 3.90. The van der Waals surface area contributed by atoms with E-state index >= 15 is 0 Å². The lowest BCUT2D eigenvalue weighted by Crippen LogP contribution is -2.29. The molecule has 0 radical (unpaired) electrons. The molecule has 4 nitrogen and oxygen atoms in total. The second kappa shape index (κ2) is 6.84. The SMILES string of the molecule is Cc1cccc(CNC(=O)Nc2cccc3c2C[C@@H](O)CC3)c1. The maximum absolute atomic E-state index is 12.2. The number of aliphatic hydroxyl groups excluding tert-OH is 1. The zero-order valence-electron chi connectivity index (χ0n) is 13.3. The van der Waals surface area contributed by atoms with Crippen LogP contribution in [0.5, 0.6) is 0 Å². The summed E-state index contributed by atoms with van der Waals surface area (Å²) in [6.07, 6.45) is 1.93. The number of rotatable bonds is 3. The van der Waals surface area contributed by atoms with E-state index in [1.807, 2.05) is 37.3 Å². The van der Waals surface area contributed by atoms with E-state index in [1.54, 1.807) is 0 Å². The Kier molecular flexibility index (Phi) is 4.63. The van der Waals surface area contributed by atoms with E-state index in [4.69, 9.17) is 0 Å². The predicted octanol–water partition coefficient (Wildman–Crippen LogP) is 3.17. The van der Waals surface area contributed by atoms with E-state index in [9.17, 15) is 9.90 Å². The molecule has 2 aromatic rings. The molecule has 0 saturated carbocycles. The number of carbonyl (C=O) groups excluding carboxylic acids is 1. The minimum Gasteiger partial charge on any atom is -0.393 e. The number of amides is 2. The van der Waals surface area contributed by atoms with E-state index in [0.717, 1.165) is 29.7 Å². The molecule has 0 aromatic heterocycles. The van der Waals surface area contributed by atoms with Crippen LogP contribution in [0, 0.1) is 6.92 Å². The van der Waals surface area contributed by atoms with Gasteiger partial charge in [0.15, 0.2) is 0 Å². The highest BCUT2D eigenvalue weighted by Gasteiger charge is 2.19. The minimum absolute atomic E-state index is 0.222. The first-order valence-electron chi connectivity index (χ1n) is 8.01. The number of fused-ring (bicyclic) bond motifs is 1. The fraction of sp³-hybridized carbons (Fsp3) is 0.316. The average molecular weight is 310 g/mol. The number of nitrogens with one attached hydrogen (secondary N) is 2. The standard InChI is InChI=1S/C19H22N2O2/c1-13-4-2-5-14(10-13)12-20-19(23)21-18-7-3-6-15-8-9-16(22)11-17(15)18/h2-7,10,16,22H,8-9,11-12H2,1H3,(H2,20,21,23)/t16-/m0/s1. The molecule has 0 fully saturated rings. The first-order chi connectivity index (χ1) is 11.1. The van der Waals surface area contributed by atoms with Gasteiger partial charge in [-0.2, -0.15) is 0 Å². The summed E-state index contributed by atoms with van der Waals surface area (Å²) in [5.74, 6) is 0. The third-order valence-corrected chi connectivity index (χ3v) is 4.24. The van der Waals surface area contributed by atoms with Crippen LogP contribution in [0.4, 0.5) is 10.5 Å². The molecular weight excluding hydrogens is 288 g/mol. The van der Waals surface area contributed by atoms with Crippen LogP contribution in [-0.2, 0) is 19.4 Å². The van der Waals surface area contributed by atoms with Crippen molar-refractivity contribution in [2.24, 2.45) is 0 Å². The molecular formula is C19H22N2O2. The summed E-state index contributed by atoms with van der Waals surface area (Å²) in [5.41, 5.74) is 5.31. The van der Waals surface area contributed by atoms with Crippen LogP contribution >= 0.6 is 0 Å². The molecule has 3 N–H and O–H groups in total. The topological polar surface area (TPSA) is 61.4 Å². The number of benzene rings is 2. The van der Waals surface area contributed by atoms with Gasteiger partial charge in [0.1, 0.15) is 0 Å². The van der Waals surface area contributed by atoms with E-state index < -0.39 is 0 Å². The second-order valence-electron chi connectivity index (χ2n) is 6.14. The third-order valence-electron chi connectivity index (χ3n) is 4.24. The van der Waals surface area contributed by atoms with Gasteiger partial charge in [-0.25, -0.2) is 4.79 Å².